The van der Waals surface area contributed by atoms with E-state index in [9.17, 15) is 0 Å². The maximum absolute atomic E-state index is 6.08. The highest BCUT2D eigenvalue weighted by Gasteiger charge is 2.25. The van der Waals surface area contributed by atoms with Crippen molar-refractivity contribution in [2.24, 2.45) is 4.99 Å². The molecule has 1 aliphatic heterocycles. The number of nitrogens with zero attached hydrogens (tertiary/aromatic N) is 4. The monoisotopic (exact) mass is 403 g/mol. The van der Waals surface area contributed by atoms with E-state index >= 15 is 0 Å². The Morgan fingerprint density at radius 1 is 1.17 bits per heavy atom. The SMILES string of the molecule is COc1nc(C2=NC(c3oc4ccccc4c3C)CON2)ccc1-n1cnc(C)c1. The molecule has 4 aromatic rings. The molecule has 4 heterocycles. The number of nitrogens with one attached hydrogen (secondary N) is 1. The molecular weight excluding hydrogens is 382 g/mol. The van der Waals surface area contributed by atoms with Gasteiger partial charge in [0.2, 0.25) is 5.88 Å². The predicted molar refractivity (Wildman–Crippen MR) is 112 cm³/mol. The number of aromatic nitrogens is 3. The number of hydrogen-bond donors (Lipinski definition) is 1. The van der Waals surface area contributed by atoms with Gasteiger partial charge in [-0.3, -0.25) is 9.83 Å². The molecule has 3 aromatic heterocycles. The molecule has 5 rings (SSSR count). The number of furan rings is 1. The van der Waals surface area contributed by atoms with Crippen molar-refractivity contribution >= 4 is 16.8 Å². The van der Waals surface area contributed by atoms with E-state index in [4.69, 9.17) is 19.0 Å². The molecule has 8 heteroatoms. The van der Waals surface area contributed by atoms with Crippen LogP contribution in [0.3, 0.4) is 0 Å². The van der Waals surface area contributed by atoms with Crippen molar-refractivity contribution in [3.05, 3.63) is 71.6 Å². The molecule has 0 amide bonds. The molecule has 1 N–H and O–H groups in total. The molecule has 0 saturated heterocycles. The first-order valence-corrected chi connectivity index (χ1v) is 9.64. The van der Waals surface area contributed by atoms with E-state index in [1.165, 1.54) is 0 Å². The number of methoxy groups -OCH3 is 1. The number of rotatable bonds is 4. The molecular formula is C22H21N5O3. The van der Waals surface area contributed by atoms with E-state index in [0.29, 0.717) is 24.0 Å². The van der Waals surface area contributed by atoms with E-state index in [2.05, 4.69) is 15.4 Å². The van der Waals surface area contributed by atoms with Crippen molar-refractivity contribution in [3.63, 3.8) is 0 Å². The molecule has 0 spiro atoms. The van der Waals surface area contributed by atoms with Crippen LogP contribution in [0, 0.1) is 13.8 Å². The van der Waals surface area contributed by atoms with Crippen molar-refractivity contribution in [2.75, 3.05) is 13.7 Å². The van der Waals surface area contributed by atoms with Gasteiger partial charge < -0.3 is 13.7 Å². The zero-order valence-electron chi connectivity index (χ0n) is 16.9. The van der Waals surface area contributed by atoms with Crippen LogP contribution >= 0.6 is 0 Å². The van der Waals surface area contributed by atoms with Crippen molar-refractivity contribution in [2.45, 2.75) is 19.9 Å². The minimum absolute atomic E-state index is 0.266. The van der Waals surface area contributed by atoms with Gasteiger partial charge in [-0.1, -0.05) is 18.2 Å². The first kappa shape index (κ1) is 18.4. The number of ether oxygens (including phenoxy) is 1. The molecule has 0 radical (unpaired) electrons. The summed E-state index contributed by atoms with van der Waals surface area (Å²) in [5.74, 6) is 1.79. The Morgan fingerprint density at radius 3 is 2.80 bits per heavy atom. The molecule has 30 heavy (non-hydrogen) atoms. The largest absolute Gasteiger partial charge is 0.479 e. The van der Waals surface area contributed by atoms with Gasteiger partial charge in [-0.15, -0.1) is 0 Å². The van der Waals surface area contributed by atoms with Crippen LogP contribution in [0.5, 0.6) is 5.88 Å². The lowest BCUT2D eigenvalue weighted by Crippen LogP contribution is -2.33. The Morgan fingerprint density at radius 2 is 2.03 bits per heavy atom. The lowest BCUT2D eigenvalue weighted by atomic mass is 10.1. The lowest BCUT2D eigenvalue weighted by molar-refractivity contribution is 0.0579. The summed E-state index contributed by atoms with van der Waals surface area (Å²) < 4.78 is 13.5. The number of fused-ring (bicyclic) bond motifs is 1. The Balaban J connectivity index is 1.51. The first-order chi connectivity index (χ1) is 14.6. The normalized spacial score (nSPS) is 16.4. The maximum atomic E-state index is 6.08. The van der Waals surface area contributed by atoms with Crippen LogP contribution in [-0.2, 0) is 4.84 Å². The summed E-state index contributed by atoms with van der Waals surface area (Å²) in [5, 5.41) is 1.09. The van der Waals surface area contributed by atoms with Gasteiger partial charge in [-0.25, -0.2) is 15.4 Å². The average Bonchev–Trinajstić information content (AvgIpc) is 3.37. The number of hydrogen-bond acceptors (Lipinski definition) is 7. The van der Waals surface area contributed by atoms with Crippen LogP contribution in [0.1, 0.15) is 28.8 Å². The van der Waals surface area contributed by atoms with Gasteiger partial charge in [-0.2, -0.15) is 0 Å². The van der Waals surface area contributed by atoms with Crippen molar-refractivity contribution in [3.8, 4) is 11.6 Å². The minimum Gasteiger partial charge on any atom is -0.479 e. The summed E-state index contributed by atoms with van der Waals surface area (Å²) >= 11 is 0. The highest BCUT2D eigenvalue weighted by Crippen LogP contribution is 2.32. The summed E-state index contributed by atoms with van der Waals surface area (Å²) in [7, 11) is 1.59. The Hall–Kier alpha value is -3.65. The van der Waals surface area contributed by atoms with Crippen LogP contribution in [0.2, 0.25) is 0 Å². The van der Waals surface area contributed by atoms with E-state index in [-0.39, 0.29) is 6.04 Å². The predicted octanol–water partition coefficient (Wildman–Crippen LogP) is 3.66. The smallest absolute Gasteiger partial charge is 0.238 e. The Kier molecular flexibility index (Phi) is 4.48. The van der Waals surface area contributed by atoms with E-state index < -0.39 is 0 Å². The third-order valence-corrected chi connectivity index (χ3v) is 5.14. The van der Waals surface area contributed by atoms with Gasteiger partial charge in [0.15, 0.2) is 5.84 Å². The number of benzene rings is 1. The summed E-state index contributed by atoms with van der Waals surface area (Å²) in [6.07, 6.45) is 3.65. The number of amidine groups is 1. The number of hydroxylamine groups is 1. The maximum Gasteiger partial charge on any atom is 0.238 e. The lowest BCUT2D eigenvalue weighted by Gasteiger charge is -2.21. The number of para-hydroxylation sites is 1. The van der Waals surface area contributed by atoms with Gasteiger partial charge in [-0.05, 0) is 32.0 Å². The molecule has 8 nitrogen and oxygen atoms in total. The van der Waals surface area contributed by atoms with Crippen molar-refractivity contribution < 1.29 is 14.0 Å². The zero-order chi connectivity index (χ0) is 20.7. The summed E-state index contributed by atoms with van der Waals surface area (Å²) in [4.78, 5) is 19.3. The topological polar surface area (TPSA) is 86.7 Å². The zero-order valence-corrected chi connectivity index (χ0v) is 16.9. The molecule has 152 valence electrons. The Bertz CT molecular complexity index is 1260. The second-order valence-corrected chi connectivity index (χ2v) is 7.14. The first-order valence-electron chi connectivity index (χ1n) is 9.64. The summed E-state index contributed by atoms with van der Waals surface area (Å²) in [6, 6.07) is 11.5. The molecule has 1 aliphatic rings. The van der Waals surface area contributed by atoms with E-state index in [1.807, 2.05) is 61.0 Å². The van der Waals surface area contributed by atoms with Crippen LogP contribution in [0.4, 0.5) is 0 Å². The van der Waals surface area contributed by atoms with Gasteiger partial charge in [0.05, 0.1) is 19.1 Å². The highest BCUT2D eigenvalue weighted by molar-refractivity contribution is 5.97. The number of aryl methyl sites for hydroxylation is 2. The van der Waals surface area contributed by atoms with Crippen LogP contribution in [-0.4, -0.2) is 34.1 Å². The number of aliphatic imine (C=N–C) groups is 1. The Labute approximate surface area is 173 Å². The number of imidazole rings is 1. The fraction of sp³-hybridized carbons (Fsp3) is 0.227. The molecule has 0 bridgehead atoms. The van der Waals surface area contributed by atoms with Gasteiger partial charge >= 0.3 is 0 Å². The molecule has 1 unspecified atom stereocenters. The third-order valence-electron chi connectivity index (χ3n) is 5.14. The fourth-order valence-electron chi connectivity index (χ4n) is 3.64. The fourth-order valence-corrected chi connectivity index (χ4v) is 3.64. The van der Waals surface area contributed by atoms with Crippen molar-refractivity contribution in [1.29, 1.82) is 0 Å². The quantitative estimate of drug-likeness (QED) is 0.560. The minimum atomic E-state index is -0.266. The van der Waals surface area contributed by atoms with E-state index in [0.717, 1.165) is 33.7 Å². The molecule has 0 saturated carbocycles. The van der Waals surface area contributed by atoms with Gasteiger partial charge in [0.1, 0.15) is 35.4 Å². The average molecular weight is 403 g/mol. The summed E-state index contributed by atoms with van der Waals surface area (Å²) in [5.41, 5.74) is 7.12. The standard InChI is InChI=1S/C22H21N5O3/c1-13-10-27(12-23-13)18-9-8-16(25-22(18)28-3)21-24-17(11-29-26-21)20-14(2)15-6-4-5-7-19(15)30-20/h4-10,12,17H,11H2,1-3H3,(H,24,26). The van der Waals surface area contributed by atoms with Gasteiger partial charge in [0, 0.05) is 17.1 Å². The van der Waals surface area contributed by atoms with Gasteiger partial charge in [0.25, 0.3) is 0 Å². The second-order valence-electron chi connectivity index (χ2n) is 7.14. The second kappa shape index (κ2) is 7.31. The number of pyridine rings is 1. The highest BCUT2D eigenvalue weighted by atomic mass is 16.6. The van der Waals surface area contributed by atoms with Crippen LogP contribution in [0.15, 0.2) is 58.3 Å². The third kappa shape index (κ3) is 3.11. The molecule has 1 atom stereocenters. The van der Waals surface area contributed by atoms with E-state index in [1.54, 1.807) is 13.4 Å². The van der Waals surface area contributed by atoms with Crippen LogP contribution in [0.25, 0.3) is 16.7 Å². The summed E-state index contributed by atoms with van der Waals surface area (Å²) in [6.45, 7) is 4.35. The van der Waals surface area contributed by atoms with Crippen molar-refractivity contribution in [1.82, 2.24) is 20.0 Å². The molecule has 0 fully saturated rings. The van der Waals surface area contributed by atoms with Crippen LogP contribution < -0.4 is 10.2 Å². The molecule has 0 aliphatic carbocycles. The molecule has 1 aromatic carbocycles.